The lowest BCUT2D eigenvalue weighted by Crippen LogP contribution is -2.45. The molecule has 1 aromatic carbocycles. The standard InChI is InChI=1S/C15H19NO2S/c1-12-7-9-14(10-8-12)19(17,18)16-11-3-5-13-4-2-6-15(13)16/h2,6-10,13,15H,3-5,11H2,1H3. The molecule has 1 aromatic rings. The van der Waals surface area contributed by atoms with E-state index in [2.05, 4.69) is 12.2 Å². The zero-order chi connectivity index (χ0) is 13.5. The van der Waals surface area contributed by atoms with Crippen LogP contribution in [0.2, 0.25) is 0 Å². The Kier molecular flexibility index (Phi) is 3.23. The Balaban J connectivity index is 1.95. The second-order valence-corrected chi connectivity index (χ2v) is 7.38. The molecule has 102 valence electrons. The average molecular weight is 277 g/mol. The molecule has 2 aliphatic rings. The van der Waals surface area contributed by atoms with Crippen molar-refractivity contribution < 1.29 is 8.42 Å². The zero-order valence-electron chi connectivity index (χ0n) is 11.1. The Morgan fingerprint density at radius 3 is 2.68 bits per heavy atom. The fourth-order valence-electron chi connectivity index (χ4n) is 3.09. The number of hydrogen-bond donors (Lipinski definition) is 0. The Labute approximate surface area is 115 Å². The first kappa shape index (κ1) is 12.9. The van der Waals surface area contributed by atoms with Crippen molar-refractivity contribution in [2.45, 2.75) is 37.1 Å². The minimum atomic E-state index is -3.35. The molecule has 1 aliphatic heterocycles. The molecule has 3 rings (SSSR count). The third kappa shape index (κ3) is 2.23. The van der Waals surface area contributed by atoms with Gasteiger partial charge in [0.25, 0.3) is 0 Å². The summed E-state index contributed by atoms with van der Waals surface area (Å²) in [5.74, 6) is 0.481. The number of hydrogen-bond acceptors (Lipinski definition) is 2. The molecule has 2 unspecified atom stereocenters. The Hall–Kier alpha value is -1.13. The lowest BCUT2D eigenvalue weighted by atomic mass is 9.93. The molecular weight excluding hydrogens is 258 g/mol. The summed E-state index contributed by atoms with van der Waals surface area (Å²) in [6.07, 6.45) is 7.31. The smallest absolute Gasteiger partial charge is 0.207 e. The normalized spacial score (nSPS) is 27.4. The average Bonchev–Trinajstić information content (AvgIpc) is 2.87. The van der Waals surface area contributed by atoms with Crippen molar-refractivity contribution in [2.75, 3.05) is 6.54 Å². The topological polar surface area (TPSA) is 37.4 Å². The van der Waals surface area contributed by atoms with E-state index >= 15 is 0 Å². The van der Waals surface area contributed by atoms with Crippen LogP contribution in [0.4, 0.5) is 0 Å². The number of benzene rings is 1. The molecule has 1 aliphatic carbocycles. The largest absolute Gasteiger partial charge is 0.243 e. The molecular formula is C15H19NO2S. The Morgan fingerprint density at radius 2 is 1.95 bits per heavy atom. The van der Waals surface area contributed by atoms with Crippen LogP contribution in [0, 0.1) is 12.8 Å². The van der Waals surface area contributed by atoms with Crippen LogP contribution < -0.4 is 0 Å². The summed E-state index contributed by atoms with van der Waals surface area (Å²) < 4.78 is 27.2. The van der Waals surface area contributed by atoms with E-state index in [-0.39, 0.29) is 6.04 Å². The van der Waals surface area contributed by atoms with Crippen LogP contribution >= 0.6 is 0 Å². The van der Waals surface area contributed by atoms with Gasteiger partial charge in [-0.1, -0.05) is 29.8 Å². The minimum absolute atomic E-state index is 0.0695. The van der Waals surface area contributed by atoms with Crippen LogP contribution in [0.1, 0.15) is 24.8 Å². The molecule has 0 radical (unpaired) electrons. The number of aryl methyl sites for hydroxylation is 1. The number of allylic oxidation sites excluding steroid dienone is 1. The third-order valence-electron chi connectivity index (χ3n) is 4.17. The van der Waals surface area contributed by atoms with Gasteiger partial charge in [-0.05, 0) is 44.2 Å². The summed E-state index contributed by atoms with van der Waals surface area (Å²) in [5.41, 5.74) is 1.08. The second-order valence-electron chi connectivity index (χ2n) is 5.49. The van der Waals surface area contributed by atoms with Gasteiger partial charge in [0, 0.05) is 12.6 Å². The van der Waals surface area contributed by atoms with Gasteiger partial charge < -0.3 is 0 Å². The van der Waals surface area contributed by atoms with Crippen LogP contribution in [-0.4, -0.2) is 25.3 Å². The van der Waals surface area contributed by atoms with Crippen LogP contribution in [0.5, 0.6) is 0 Å². The molecule has 0 N–H and O–H groups in total. The molecule has 0 spiro atoms. The molecule has 3 nitrogen and oxygen atoms in total. The highest BCUT2D eigenvalue weighted by Gasteiger charge is 2.38. The SMILES string of the molecule is Cc1ccc(S(=O)(=O)N2CCCC3CC=CC32)cc1. The number of nitrogens with zero attached hydrogens (tertiary/aromatic N) is 1. The number of rotatable bonds is 2. The molecule has 2 atom stereocenters. The molecule has 0 aromatic heterocycles. The van der Waals surface area contributed by atoms with E-state index in [0.29, 0.717) is 17.4 Å². The van der Waals surface area contributed by atoms with Crippen molar-refractivity contribution in [1.82, 2.24) is 4.31 Å². The number of fused-ring (bicyclic) bond motifs is 1. The highest BCUT2D eigenvalue weighted by atomic mass is 32.2. The van der Waals surface area contributed by atoms with E-state index in [4.69, 9.17) is 0 Å². The maximum Gasteiger partial charge on any atom is 0.243 e. The van der Waals surface area contributed by atoms with Gasteiger partial charge >= 0.3 is 0 Å². The maximum atomic E-state index is 12.7. The predicted molar refractivity (Wildman–Crippen MR) is 75.3 cm³/mol. The van der Waals surface area contributed by atoms with Gasteiger partial charge in [-0.15, -0.1) is 0 Å². The highest BCUT2D eigenvalue weighted by Crippen LogP contribution is 2.35. The lowest BCUT2D eigenvalue weighted by Gasteiger charge is -2.36. The van der Waals surface area contributed by atoms with E-state index in [1.807, 2.05) is 19.1 Å². The predicted octanol–water partition coefficient (Wildman–Crippen LogP) is 2.72. The molecule has 1 saturated heterocycles. The van der Waals surface area contributed by atoms with Gasteiger partial charge in [0.05, 0.1) is 4.90 Å². The molecule has 19 heavy (non-hydrogen) atoms. The summed E-state index contributed by atoms with van der Waals surface area (Å²) in [7, 11) is -3.35. The molecule has 4 heteroatoms. The number of sulfonamides is 1. The fourth-order valence-corrected chi connectivity index (χ4v) is 4.78. The van der Waals surface area contributed by atoms with E-state index in [1.54, 1.807) is 16.4 Å². The van der Waals surface area contributed by atoms with Crippen molar-refractivity contribution in [3.8, 4) is 0 Å². The third-order valence-corrected chi connectivity index (χ3v) is 6.08. The van der Waals surface area contributed by atoms with Gasteiger partial charge in [0.15, 0.2) is 0 Å². The van der Waals surface area contributed by atoms with E-state index < -0.39 is 10.0 Å². The summed E-state index contributed by atoms with van der Waals surface area (Å²) in [4.78, 5) is 0.416. The molecule has 0 amide bonds. The van der Waals surface area contributed by atoms with Crippen LogP contribution in [0.3, 0.4) is 0 Å². The summed E-state index contributed by atoms with van der Waals surface area (Å²) in [6.45, 7) is 2.61. The Bertz CT molecular complexity index is 589. The van der Waals surface area contributed by atoms with Gasteiger partial charge in [-0.3, -0.25) is 0 Å². The van der Waals surface area contributed by atoms with Crippen LogP contribution in [-0.2, 0) is 10.0 Å². The zero-order valence-corrected chi connectivity index (χ0v) is 11.9. The van der Waals surface area contributed by atoms with Crippen molar-refractivity contribution in [2.24, 2.45) is 5.92 Å². The van der Waals surface area contributed by atoms with Gasteiger partial charge in [0.2, 0.25) is 10.0 Å². The van der Waals surface area contributed by atoms with Crippen LogP contribution in [0.15, 0.2) is 41.3 Å². The molecule has 1 fully saturated rings. The first-order valence-electron chi connectivity index (χ1n) is 6.84. The quantitative estimate of drug-likeness (QED) is 0.779. The van der Waals surface area contributed by atoms with Crippen molar-refractivity contribution >= 4 is 10.0 Å². The van der Waals surface area contributed by atoms with Gasteiger partial charge in [-0.25, -0.2) is 8.42 Å². The fraction of sp³-hybridized carbons (Fsp3) is 0.467. The summed E-state index contributed by atoms with van der Waals surface area (Å²) in [5, 5.41) is 0. The van der Waals surface area contributed by atoms with E-state index in [9.17, 15) is 8.42 Å². The lowest BCUT2D eigenvalue weighted by molar-refractivity contribution is 0.224. The molecule has 1 heterocycles. The van der Waals surface area contributed by atoms with E-state index in [0.717, 1.165) is 24.8 Å². The van der Waals surface area contributed by atoms with Crippen molar-refractivity contribution in [3.63, 3.8) is 0 Å². The monoisotopic (exact) mass is 277 g/mol. The highest BCUT2D eigenvalue weighted by molar-refractivity contribution is 7.89. The van der Waals surface area contributed by atoms with Gasteiger partial charge in [0.1, 0.15) is 0 Å². The first-order valence-corrected chi connectivity index (χ1v) is 8.28. The molecule has 0 bridgehead atoms. The van der Waals surface area contributed by atoms with E-state index in [1.165, 1.54) is 0 Å². The summed E-state index contributed by atoms with van der Waals surface area (Å²) >= 11 is 0. The Morgan fingerprint density at radius 1 is 1.21 bits per heavy atom. The van der Waals surface area contributed by atoms with Crippen LogP contribution in [0.25, 0.3) is 0 Å². The van der Waals surface area contributed by atoms with Crippen molar-refractivity contribution in [3.05, 3.63) is 42.0 Å². The maximum absolute atomic E-state index is 12.7. The minimum Gasteiger partial charge on any atom is -0.207 e. The second kappa shape index (κ2) is 4.76. The summed E-state index contributed by atoms with van der Waals surface area (Å²) in [6, 6.07) is 7.22. The molecule has 0 saturated carbocycles. The number of piperidine rings is 1. The first-order chi connectivity index (χ1) is 9.09. The van der Waals surface area contributed by atoms with Gasteiger partial charge in [-0.2, -0.15) is 4.31 Å². The van der Waals surface area contributed by atoms with Crippen molar-refractivity contribution in [1.29, 1.82) is 0 Å².